The molecule has 0 radical (unpaired) electrons. The summed E-state index contributed by atoms with van der Waals surface area (Å²) in [6.45, 7) is 12.9. The Bertz CT molecular complexity index is 3070. The topological polar surface area (TPSA) is 211 Å². The molecule has 9 rings (SSSR count). The van der Waals surface area contributed by atoms with Crippen LogP contribution >= 0.6 is 23.1 Å². The minimum atomic E-state index is -1.56. The Morgan fingerprint density at radius 1 is 0.961 bits per heavy atom. The smallest absolute Gasteiger partial charge is 0.353 e. The number of esters is 1. The van der Waals surface area contributed by atoms with E-state index in [2.05, 4.69) is 30.9 Å². The normalized spacial score (nSPS) is 20.6. The fourth-order valence-corrected chi connectivity index (χ4v) is 11.7. The number of halogens is 1. The molecule has 1 unspecified atom stereocenters. The van der Waals surface area contributed by atoms with E-state index in [9.17, 15) is 19.2 Å². The number of methoxy groups -OCH3 is 2. The number of hydrogen-bond donors (Lipinski definition) is 1. The number of thioether (sulfide) groups is 1. The zero-order valence-corrected chi connectivity index (χ0v) is 45.6. The number of nitrogens with zero attached hydrogens (tertiary/aromatic N) is 9. The first kappa shape index (κ1) is 53.8. The highest BCUT2D eigenvalue weighted by Crippen LogP contribution is 2.45. The summed E-state index contributed by atoms with van der Waals surface area (Å²) in [5.74, 6) is -0.685. The minimum absolute atomic E-state index is 0.0421. The van der Waals surface area contributed by atoms with E-state index in [1.807, 2.05) is 36.4 Å². The van der Waals surface area contributed by atoms with Crippen LogP contribution in [0.1, 0.15) is 85.5 Å². The second-order valence-electron chi connectivity index (χ2n) is 20.6. The maximum absolute atomic E-state index is 16.3. The minimum Gasteiger partial charge on any atom is -0.497 e. The lowest BCUT2D eigenvalue weighted by Gasteiger charge is -2.52. The maximum Gasteiger partial charge on any atom is 0.353 e. The van der Waals surface area contributed by atoms with E-state index < -0.39 is 40.3 Å². The molecule has 4 aliphatic rings. The second-order valence-corrected chi connectivity index (χ2v) is 22.8. The summed E-state index contributed by atoms with van der Waals surface area (Å²) >= 11 is 2.82. The Morgan fingerprint density at radius 2 is 1.64 bits per heavy atom. The number of aryl methyl sites for hydroxylation is 1. The van der Waals surface area contributed by atoms with Gasteiger partial charge in [-0.3, -0.25) is 19.3 Å². The molecule has 5 aromatic rings. The van der Waals surface area contributed by atoms with Crippen molar-refractivity contribution in [3.05, 3.63) is 111 Å². The van der Waals surface area contributed by atoms with Gasteiger partial charge in [-0.15, -0.1) is 33.3 Å². The molecule has 20 nitrogen and oxygen atoms in total. The molecular formula is C52H61BFN10O10S2+. The van der Waals surface area contributed by atoms with Gasteiger partial charge in [0.05, 0.1) is 51.1 Å². The standard InChI is InChI=1S/C52H60BFN10O10S2/c1-30-55-39(29-75-30)41(59-74-52(5,6)50(68)73-51(2,3)4)46(65)56-42-48(67)62-43(45-57-60-63(53)58-45)34(28-76-49(42)62)25-64-20-9-10-35(64)24-61(19-21-64)47(66)33-22-38(54)44(72-27-32-13-17-37(70-8)18-14-32)40(23-33)71-26-31-11-15-36(69-7)16-12-31/h11-18,22-23,29,35,42,49H,9-10,19-21,24-28,53H2,1-8H3/p+1/b59-41-/t35-,42+,49+,64?/m0/s1. The van der Waals surface area contributed by atoms with E-state index >= 15 is 4.39 Å². The summed E-state index contributed by atoms with van der Waals surface area (Å²) in [5, 5.41) is 21.9. The van der Waals surface area contributed by atoms with Gasteiger partial charge in [-0.25, -0.2) is 18.9 Å². The van der Waals surface area contributed by atoms with Crippen molar-refractivity contribution >= 4 is 66.2 Å². The lowest BCUT2D eigenvalue weighted by Crippen LogP contribution is -2.70. The molecule has 3 fully saturated rings. The Balaban J connectivity index is 0.922. The number of ether oxygens (including phenoxy) is 5. The van der Waals surface area contributed by atoms with E-state index in [-0.39, 0.29) is 65.4 Å². The fraction of sp³-hybridized carbons (Fsp3) is 0.442. The van der Waals surface area contributed by atoms with Crippen molar-refractivity contribution in [1.29, 1.82) is 0 Å². The number of carbonyl (C=O) groups is 4. The third-order valence-corrected chi connectivity index (χ3v) is 15.8. The molecule has 4 atom stereocenters. The molecule has 0 spiro atoms. The van der Waals surface area contributed by atoms with Gasteiger partial charge in [0.15, 0.2) is 23.0 Å². The maximum atomic E-state index is 16.3. The van der Waals surface area contributed by atoms with Crippen molar-refractivity contribution in [3.8, 4) is 23.0 Å². The molecule has 3 amide bonds. The van der Waals surface area contributed by atoms with Gasteiger partial charge in [0, 0.05) is 35.1 Å². The van der Waals surface area contributed by atoms with Crippen LogP contribution < -0.4 is 24.3 Å². The van der Waals surface area contributed by atoms with E-state index in [0.29, 0.717) is 58.6 Å². The Labute approximate surface area is 448 Å². The van der Waals surface area contributed by atoms with Crippen LogP contribution in [0.4, 0.5) is 4.39 Å². The number of piperazine rings is 1. The van der Waals surface area contributed by atoms with Gasteiger partial charge in [-0.2, -0.15) is 0 Å². The molecule has 3 saturated heterocycles. The fourth-order valence-electron chi connectivity index (χ4n) is 9.74. The molecular weight excluding hydrogens is 1020 g/mol. The molecule has 2 aromatic heterocycles. The van der Waals surface area contributed by atoms with Crippen LogP contribution in [0.5, 0.6) is 23.0 Å². The van der Waals surface area contributed by atoms with Crippen LogP contribution in [0.3, 0.4) is 0 Å². The zero-order chi connectivity index (χ0) is 54.1. The van der Waals surface area contributed by atoms with Gasteiger partial charge in [0.2, 0.25) is 11.4 Å². The van der Waals surface area contributed by atoms with Crippen molar-refractivity contribution < 1.29 is 56.6 Å². The van der Waals surface area contributed by atoms with Crippen LogP contribution in [-0.4, -0.2) is 158 Å². The monoisotopic (exact) mass is 1080 g/mol. The van der Waals surface area contributed by atoms with E-state index in [0.717, 1.165) is 36.1 Å². The highest BCUT2D eigenvalue weighted by atomic mass is 32.2. The highest BCUT2D eigenvalue weighted by molar-refractivity contribution is 8.00. The van der Waals surface area contributed by atoms with Crippen molar-refractivity contribution in [3.63, 3.8) is 0 Å². The number of tetrazole rings is 1. The van der Waals surface area contributed by atoms with E-state index in [4.69, 9.17) is 28.5 Å². The quantitative estimate of drug-likeness (QED) is 0.0308. The van der Waals surface area contributed by atoms with Gasteiger partial charge in [-0.05, 0) is 89.1 Å². The lowest BCUT2D eigenvalue weighted by atomic mass is 10.00. The number of hydrogen-bond acceptors (Lipinski definition) is 17. The third kappa shape index (κ3) is 11.5. The largest absolute Gasteiger partial charge is 0.497 e. The van der Waals surface area contributed by atoms with Gasteiger partial charge < -0.3 is 43.2 Å². The van der Waals surface area contributed by atoms with Crippen molar-refractivity contribution in [2.24, 2.45) is 5.16 Å². The van der Waals surface area contributed by atoms with Gasteiger partial charge in [0.1, 0.15) is 60.0 Å². The number of carbonyl (C=O) groups excluding carboxylic acids is 4. The Kier molecular flexibility index (Phi) is 15.5. The molecule has 0 saturated carbocycles. The van der Waals surface area contributed by atoms with Crippen LogP contribution in [0.2, 0.25) is 0 Å². The molecule has 24 heteroatoms. The summed E-state index contributed by atoms with van der Waals surface area (Å²) in [6, 6.07) is 16.4. The molecule has 0 bridgehead atoms. The average molecular weight is 1080 g/mol. The van der Waals surface area contributed by atoms with Crippen molar-refractivity contribution in [2.45, 2.75) is 96.3 Å². The SMILES string of the molecule is Bn1nnc(C2=C(C[N+]34CCC[C@H]3CN(C(=O)c3cc(F)c(OCc5ccc(OC)cc5)c(OCc5ccc(OC)cc5)c3)CC4)CS[C@@H]3[C@H](NC(=O)/C(=N\OC(C)(C)C(=O)OC(C)(C)C)c4csc(C)n4)C(=O)N23)n1. The van der Waals surface area contributed by atoms with E-state index in [1.165, 1.54) is 47.7 Å². The third-order valence-electron chi connectivity index (χ3n) is 13.7. The number of amides is 3. The first-order chi connectivity index (χ1) is 36.2. The summed E-state index contributed by atoms with van der Waals surface area (Å²) in [7, 11) is 4.82. The molecule has 400 valence electrons. The number of fused-ring (bicyclic) bond motifs is 2. The number of thiazole rings is 1. The number of aromatic nitrogens is 5. The van der Waals surface area contributed by atoms with Crippen LogP contribution in [0, 0.1) is 12.7 Å². The molecule has 76 heavy (non-hydrogen) atoms. The number of rotatable bonds is 18. The van der Waals surface area contributed by atoms with E-state index in [1.54, 1.807) is 83.3 Å². The van der Waals surface area contributed by atoms with Crippen LogP contribution in [0.15, 0.2) is 76.8 Å². The van der Waals surface area contributed by atoms with Crippen LogP contribution in [-0.2, 0) is 37.2 Å². The highest BCUT2D eigenvalue weighted by Gasteiger charge is 2.56. The zero-order valence-electron chi connectivity index (χ0n) is 44.0. The molecule has 1 N–H and O–H groups in total. The summed E-state index contributed by atoms with van der Waals surface area (Å²) in [4.78, 5) is 69.6. The van der Waals surface area contributed by atoms with Gasteiger partial charge >= 0.3 is 5.97 Å². The molecule has 4 aliphatic heterocycles. The second kappa shape index (κ2) is 21.9. The van der Waals surface area contributed by atoms with Crippen LogP contribution in [0.25, 0.3) is 5.70 Å². The van der Waals surface area contributed by atoms with Gasteiger partial charge in [0.25, 0.3) is 25.7 Å². The summed E-state index contributed by atoms with van der Waals surface area (Å²) < 4.78 is 46.7. The Hall–Kier alpha value is -7.05. The summed E-state index contributed by atoms with van der Waals surface area (Å²) in [5.41, 5.74) is 0.888. The lowest BCUT2D eigenvalue weighted by molar-refractivity contribution is -0.938. The predicted molar refractivity (Wildman–Crippen MR) is 283 cm³/mol. The first-order valence-corrected chi connectivity index (χ1v) is 26.8. The number of nitrogens with one attached hydrogen (secondary N) is 1. The van der Waals surface area contributed by atoms with Crippen molar-refractivity contribution in [2.75, 3.05) is 52.7 Å². The molecule has 6 heterocycles. The number of benzene rings is 3. The Morgan fingerprint density at radius 3 is 2.26 bits per heavy atom. The number of β-lactam (4-membered cyclic amide) rings is 1. The van der Waals surface area contributed by atoms with Crippen molar-refractivity contribution in [1.82, 2.24) is 40.2 Å². The number of quaternary nitrogens is 1. The molecule has 3 aromatic carbocycles. The number of oxime groups is 1. The van der Waals surface area contributed by atoms with Gasteiger partial charge in [-0.1, -0.05) is 34.6 Å². The first-order valence-electron chi connectivity index (χ1n) is 24.9. The summed E-state index contributed by atoms with van der Waals surface area (Å²) in [6.07, 6.45) is 1.77. The predicted octanol–water partition coefficient (Wildman–Crippen LogP) is 4.94. The average Bonchev–Trinajstić information content (AvgIpc) is 4.19. The molecule has 0 aliphatic carbocycles.